The van der Waals surface area contributed by atoms with Gasteiger partial charge >= 0.3 is 11.6 Å². The van der Waals surface area contributed by atoms with E-state index < -0.39 is 17.5 Å². The van der Waals surface area contributed by atoms with Gasteiger partial charge in [0.15, 0.2) is 6.61 Å². The molecule has 2 aromatic heterocycles. The number of amides is 1. The Morgan fingerprint density at radius 1 is 0.971 bits per heavy atom. The lowest BCUT2D eigenvalue weighted by Crippen LogP contribution is -2.27. The van der Waals surface area contributed by atoms with Crippen molar-refractivity contribution < 1.29 is 27.9 Å². The summed E-state index contributed by atoms with van der Waals surface area (Å²) in [6.45, 7) is 6.20. The van der Waals surface area contributed by atoms with E-state index in [9.17, 15) is 14.4 Å². The Morgan fingerprint density at radius 3 is 2.40 bits per heavy atom. The molecule has 8 nitrogen and oxygen atoms in total. The van der Waals surface area contributed by atoms with E-state index in [4.69, 9.17) is 18.3 Å². The van der Waals surface area contributed by atoms with Crippen LogP contribution >= 0.6 is 0 Å². The van der Waals surface area contributed by atoms with Gasteiger partial charge in [-0.05, 0) is 53.4 Å². The lowest BCUT2D eigenvalue weighted by Gasteiger charge is -2.19. The zero-order chi connectivity index (χ0) is 25.0. The van der Waals surface area contributed by atoms with E-state index >= 15 is 0 Å². The molecule has 2 aromatic carbocycles. The third kappa shape index (κ3) is 5.97. The highest BCUT2D eigenvalue weighted by Crippen LogP contribution is 2.24. The Bertz CT molecular complexity index is 1390. The molecular formula is C27H25NO7. The van der Waals surface area contributed by atoms with Gasteiger partial charge in [0.1, 0.15) is 28.4 Å². The number of furan rings is 1. The number of carbonyl (C=O) groups excluding carboxylic acids is 2. The van der Waals surface area contributed by atoms with E-state index in [1.807, 2.05) is 12.1 Å². The van der Waals surface area contributed by atoms with Gasteiger partial charge in [0.05, 0.1) is 12.8 Å². The smallest absolute Gasteiger partial charge is 0.349 e. The zero-order valence-electron chi connectivity index (χ0n) is 19.6. The Hall–Kier alpha value is -4.33. The average Bonchev–Trinajstić information content (AvgIpc) is 3.34. The minimum atomic E-state index is -0.806. The van der Waals surface area contributed by atoms with Crippen LogP contribution in [0.5, 0.6) is 11.5 Å². The molecule has 0 aliphatic carbocycles. The van der Waals surface area contributed by atoms with Crippen LogP contribution in [0.25, 0.3) is 11.0 Å². The third-order valence-corrected chi connectivity index (χ3v) is 5.26. The van der Waals surface area contributed by atoms with E-state index in [-0.39, 0.29) is 35.5 Å². The fourth-order valence-corrected chi connectivity index (χ4v) is 3.34. The molecule has 0 radical (unpaired) electrons. The van der Waals surface area contributed by atoms with Crippen LogP contribution in [0.2, 0.25) is 0 Å². The fraction of sp³-hybridized carbons (Fsp3) is 0.222. The van der Waals surface area contributed by atoms with Crippen LogP contribution in [0.3, 0.4) is 0 Å². The molecule has 0 saturated carbocycles. The minimum Gasteiger partial charge on any atom is -0.482 e. The second kappa shape index (κ2) is 9.89. The maximum Gasteiger partial charge on any atom is 0.349 e. The molecule has 180 valence electrons. The zero-order valence-corrected chi connectivity index (χ0v) is 19.6. The largest absolute Gasteiger partial charge is 0.482 e. The highest BCUT2D eigenvalue weighted by molar-refractivity contribution is 5.96. The van der Waals surface area contributed by atoms with Crippen LogP contribution in [0, 0.1) is 0 Å². The van der Waals surface area contributed by atoms with E-state index in [1.54, 1.807) is 36.4 Å². The van der Waals surface area contributed by atoms with Gasteiger partial charge in [-0.25, -0.2) is 9.59 Å². The summed E-state index contributed by atoms with van der Waals surface area (Å²) < 4.78 is 21.2. The maximum absolute atomic E-state index is 12.4. The first-order chi connectivity index (χ1) is 16.7. The van der Waals surface area contributed by atoms with Gasteiger partial charge in [-0.15, -0.1) is 0 Å². The van der Waals surface area contributed by atoms with Crippen molar-refractivity contribution in [3.8, 4) is 11.5 Å². The lowest BCUT2D eigenvalue weighted by molar-refractivity contribution is -0.136. The van der Waals surface area contributed by atoms with Crippen molar-refractivity contribution in [1.29, 1.82) is 0 Å². The molecule has 0 saturated heterocycles. The summed E-state index contributed by atoms with van der Waals surface area (Å²) in [4.78, 5) is 36.9. The summed E-state index contributed by atoms with van der Waals surface area (Å²) >= 11 is 0. The molecule has 1 N–H and O–H groups in total. The molecule has 1 amide bonds. The normalized spacial score (nSPS) is 11.3. The number of carbonyl (C=O) groups is 2. The fourth-order valence-electron chi connectivity index (χ4n) is 3.34. The Labute approximate surface area is 201 Å². The predicted octanol–water partition coefficient (Wildman–Crippen LogP) is 4.60. The monoisotopic (exact) mass is 475 g/mol. The first kappa shape index (κ1) is 23.8. The Balaban J connectivity index is 1.38. The van der Waals surface area contributed by atoms with Gasteiger partial charge in [-0.3, -0.25) is 4.79 Å². The van der Waals surface area contributed by atoms with E-state index in [0.29, 0.717) is 16.9 Å². The summed E-state index contributed by atoms with van der Waals surface area (Å²) in [6.07, 6.45) is 1.49. The van der Waals surface area contributed by atoms with Crippen molar-refractivity contribution >= 4 is 22.8 Å². The van der Waals surface area contributed by atoms with Crippen LogP contribution in [-0.2, 0) is 16.8 Å². The van der Waals surface area contributed by atoms with Crippen molar-refractivity contribution in [2.24, 2.45) is 0 Å². The first-order valence-corrected chi connectivity index (χ1v) is 11.0. The molecule has 0 unspecified atom stereocenters. The molecule has 0 fully saturated rings. The number of benzene rings is 2. The topological polar surface area (TPSA) is 108 Å². The molecule has 0 aliphatic heterocycles. The maximum atomic E-state index is 12.4. The molecule has 4 aromatic rings. The SMILES string of the molecule is CC(C)(C)c1ccc(OCC(=O)Oc2ccc3cc(C(=O)NCc4ccco4)c(=O)oc3c2)cc1. The number of hydrogen-bond donors (Lipinski definition) is 1. The van der Waals surface area contributed by atoms with E-state index in [0.717, 1.165) is 5.56 Å². The molecule has 0 atom stereocenters. The highest BCUT2D eigenvalue weighted by atomic mass is 16.6. The molecular weight excluding hydrogens is 450 g/mol. The summed E-state index contributed by atoms with van der Waals surface area (Å²) in [5.41, 5.74) is 0.414. The van der Waals surface area contributed by atoms with Gasteiger partial charge in [0, 0.05) is 11.5 Å². The van der Waals surface area contributed by atoms with Gasteiger partial charge in [0.2, 0.25) is 0 Å². The van der Waals surface area contributed by atoms with Crippen molar-refractivity contribution in [3.05, 3.63) is 94.2 Å². The van der Waals surface area contributed by atoms with Crippen LogP contribution in [0.4, 0.5) is 0 Å². The van der Waals surface area contributed by atoms with Gasteiger partial charge < -0.3 is 23.6 Å². The number of hydrogen-bond acceptors (Lipinski definition) is 7. The molecule has 0 bridgehead atoms. The molecule has 0 spiro atoms. The second-order valence-electron chi connectivity index (χ2n) is 8.95. The van der Waals surface area contributed by atoms with Crippen LogP contribution in [0.15, 0.2) is 80.6 Å². The first-order valence-electron chi connectivity index (χ1n) is 11.0. The number of fused-ring (bicyclic) bond motifs is 1. The number of rotatable bonds is 7. The molecule has 35 heavy (non-hydrogen) atoms. The predicted molar refractivity (Wildman–Crippen MR) is 129 cm³/mol. The Kier molecular flexibility index (Phi) is 6.73. The second-order valence-corrected chi connectivity index (χ2v) is 8.95. The summed E-state index contributed by atoms with van der Waals surface area (Å²) in [7, 11) is 0. The number of ether oxygens (including phenoxy) is 2. The average molecular weight is 475 g/mol. The van der Waals surface area contributed by atoms with Crippen LogP contribution in [0.1, 0.15) is 42.5 Å². The third-order valence-electron chi connectivity index (χ3n) is 5.26. The minimum absolute atomic E-state index is 0.0209. The molecule has 4 rings (SSSR count). The van der Waals surface area contributed by atoms with Crippen LogP contribution < -0.4 is 20.4 Å². The van der Waals surface area contributed by atoms with Gasteiger partial charge in [-0.1, -0.05) is 32.9 Å². The Morgan fingerprint density at radius 2 is 1.71 bits per heavy atom. The quantitative estimate of drug-likeness (QED) is 0.236. The highest BCUT2D eigenvalue weighted by Gasteiger charge is 2.16. The van der Waals surface area contributed by atoms with Gasteiger partial charge in [0.25, 0.3) is 5.91 Å². The van der Waals surface area contributed by atoms with Crippen molar-refractivity contribution in [3.63, 3.8) is 0 Å². The van der Waals surface area contributed by atoms with Crippen molar-refractivity contribution in [1.82, 2.24) is 5.32 Å². The molecule has 8 heteroatoms. The van der Waals surface area contributed by atoms with Crippen LogP contribution in [-0.4, -0.2) is 18.5 Å². The standard InChI is InChI=1S/C27H25NO7/c1-27(2,3)18-7-10-19(11-8-18)33-16-24(29)34-20-9-6-17-13-22(26(31)35-23(17)14-20)25(30)28-15-21-5-4-12-32-21/h4-14H,15-16H2,1-3H3,(H,28,30). The summed E-state index contributed by atoms with van der Waals surface area (Å²) in [5.74, 6) is 0.103. The summed E-state index contributed by atoms with van der Waals surface area (Å²) in [5, 5.41) is 3.11. The van der Waals surface area contributed by atoms with E-state index in [1.165, 1.54) is 18.4 Å². The van der Waals surface area contributed by atoms with E-state index in [2.05, 4.69) is 26.1 Å². The number of nitrogens with one attached hydrogen (secondary N) is 1. The number of esters is 1. The summed E-state index contributed by atoms with van der Waals surface area (Å²) in [6, 6.07) is 16.9. The van der Waals surface area contributed by atoms with Gasteiger partial charge in [-0.2, -0.15) is 0 Å². The van der Waals surface area contributed by atoms with Crippen molar-refractivity contribution in [2.75, 3.05) is 6.61 Å². The molecule has 0 aliphatic rings. The lowest BCUT2D eigenvalue weighted by atomic mass is 9.87. The molecule has 2 heterocycles. The van der Waals surface area contributed by atoms with Crippen molar-refractivity contribution in [2.45, 2.75) is 32.7 Å².